The van der Waals surface area contributed by atoms with Crippen molar-refractivity contribution in [1.82, 2.24) is 19.4 Å². The number of fused-ring (bicyclic) bond motifs is 1. The molecule has 0 N–H and O–H groups in total. The van der Waals surface area contributed by atoms with E-state index in [4.69, 9.17) is 9.72 Å². The number of ether oxygens (including phenoxy) is 1. The average molecular weight is 427 g/mol. The molecule has 0 radical (unpaired) electrons. The molecule has 7 heteroatoms. The summed E-state index contributed by atoms with van der Waals surface area (Å²) in [6, 6.07) is -0.0264. The maximum absolute atomic E-state index is 13.9. The van der Waals surface area contributed by atoms with Crippen LogP contribution in [0.3, 0.4) is 0 Å². The fourth-order valence-electron chi connectivity index (χ4n) is 7.67. The molecule has 1 aromatic rings. The number of carbonyl (C=O) groups excluding carboxylic acids is 2. The van der Waals surface area contributed by atoms with Gasteiger partial charge in [-0.3, -0.25) is 9.59 Å². The van der Waals surface area contributed by atoms with Crippen LogP contribution in [0.15, 0.2) is 6.20 Å². The Morgan fingerprint density at radius 3 is 2.32 bits per heavy atom. The SMILES string of the molecule is C[C@@H]1c2nc(CC(=O)N3CCOCC3)cn2CCN1C(=O)C12CC3CC(CC(C3)C1)C2. The van der Waals surface area contributed by atoms with Gasteiger partial charge in [-0.25, -0.2) is 4.98 Å². The van der Waals surface area contributed by atoms with Crippen LogP contribution >= 0.6 is 0 Å². The lowest BCUT2D eigenvalue weighted by Crippen LogP contribution is -2.56. The van der Waals surface area contributed by atoms with Crippen molar-refractivity contribution in [2.75, 3.05) is 32.8 Å². The number of aromatic nitrogens is 2. The highest BCUT2D eigenvalue weighted by molar-refractivity contribution is 5.84. The topological polar surface area (TPSA) is 67.7 Å². The molecule has 168 valence electrons. The Labute approximate surface area is 184 Å². The van der Waals surface area contributed by atoms with Crippen molar-refractivity contribution in [3.8, 4) is 0 Å². The molecule has 4 bridgehead atoms. The first kappa shape index (κ1) is 19.8. The van der Waals surface area contributed by atoms with Crippen molar-refractivity contribution in [2.24, 2.45) is 23.2 Å². The Kier molecular flexibility index (Phi) is 4.67. The Hall–Kier alpha value is -1.89. The number of nitrogens with zero attached hydrogens (tertiary/aromatic N) is 4. The van der Waals surface area contributed by atoms with Crippen molar-refractivity contribution in [3.05, 3.63) is 17.7 Å². The second-order valence-electron chi connectivity index (χ2n) is 10.8. The highest BCUT2D eigenvalue weighted by Gasteiger charge is 2.56. The number of rotatable bonds is 3. The Bertz CT molecular complexity index is 852. The molecule has 2 aliphatic heterocycles. The van der Waals surface area contributed by atoms with E-state index in [0.717, 1.165) is 61.6 Å². The van der Waals surface area contributed by atoms with Gasteiger partial charge in [-0.1, -0.05) is 0 Å². The highest BCUT2D eigenvalue weighted by atomic mass is 16.5. The second kappa shape index (κ2) is 7.32. The first-order chi connectivity index (χ1) is 15.0. The molecule has 4 saturated carbocycles. The van der Waals surface area contributed by atoms with Crippen molar-refractivity contribution < 1.29 is 14.3 Å². The first-order valence-electron chi connectivity index (χ1n) is 12.2. The Morgan fingerprint density at radius 2 is 1.68 bits per heavy atom. The van der Waals surface area contributed by atoms with Gasteiger partial charge < -0.3 is 19.1 Å². The number of morpholine rings is 1. The Balaban J connectivity index is 1.18. The molecule has 6 aliphatic rings. The van der Waals surface area contributed by atoms with E-state index in [2.05, 4.69) is 16.4 Å². The fraction of sp³-hybridized carbons (Fsp3) is 0.792. The van der Waals surface area contributed by atoms with Gasteiger partial charge in [-0.2, -0.15) is 0 Å². The first-order valence-corrected chi connectivity index (χ1v) is 12.2. The predicted molar refractivity (Wildman–Crippen MR) is 114 cm³/mol. The molecular formula is C24H34N4O3. The summed E-state index contributed by atoms with van der Waals surface area (Å²) in [5.74, 6) is 3.77. The standard InChI is InChI=1S/C24H34N4O3/c1-16-22-25-20(11-21(29)26-4-6-31-7-5-26)15-27(22)2-3-28(16)23(30)24-12-17-8-18(13-24)10-19(9-17)14-24/h15-19H,2-14H2,1H3/t16-,17?,18?,19?,24?/m1/s1. The third-order valence-electron chi connectivity index (χ3n) is 8.73. The molecule has 1 atom stereocenters. The molecule has 7 rings (SSSR count). The molecule has 3 heterocycles. The van der Waals surface area contributed by atoms with Crippen LogP contribution < -0.4 is 0 Å². The van der Waals surface area contributed by atoms with E-state index in [-0.39, 0.29) is 17.4 Å². The molecule has 4 aliphatic carbocycles. The quantitative estimate of drug-likeness (QED) is 0.744. The molecule has 0 aromatic carbocycles. The second-order valence-corrected chi connectivity index (χ2v) is 10.8. The zero-order valence-electron chi connectivity index (χ0n) is 18.6. The van der Waals surface area contributed by atoms with Crippen LogP contribution in [0.2, 0.25) is 0 Å². The summed E-state index contributed by atoms with van der Waals surface area (Å²) < 4.78 is 7.51. The number of imidazole rings is 1. The van der Waals surface area contributed by atoms with Crippen molar-refractivity contribution >= 4 is 11.8 Å². The molecular weight excluding hydrogens is 392 g/mol. The van der Waals surface area contributed by atoms with Gasteiger partial charge in [-0.15, -0.1) is 0 Å². The predicted octanol–water partition coefficient (Wildman–Crippen LogP) is 2.40. The maximum atomic E-state index is 13.9. The van der Waals surface area contributed by atoms with Gasteiger partial charge in [0, 0.05) is 32.4 Å². The molecule has 31 heavy (non-hydrogen) atoms. The summed E-state index contributed by atoms with van der Waals surface area (Å²) in [7, 11) is 0. The van der Waals surface area contributed by atoms with Crippen LogP contribution in [0.4, 0.5) is 0 Å². The minimum atomic E-state index is -0.104. The van der Waals surface area contributed by atoms with E-state index < -0.39 is 0 Å². The molecule has 1 saturated heterocycles. The molecule has 1 aromatic heterocycles. The summed E-state index contributed by atoms with van der Waals surface area (Å²) in [6.07, 6.45) is 9.73. The molecule has 0 spiro atoms. The van der Waals surface area contributed by atoms with E-state index in [1.165, 1.54) is 19.3 Å². The zero-order chi connectivity index (χ0) is 21.2. The smallest absolute Gasteiger partial charge is 0.229 e. The molecule has 5 fully saturated rings. The summed E-state index contributed by atoms with van der Waals surface area (Å²) in [5.41, 5.74) is 0.717. The van der Waals surface area contributed by atoms with Crippen LogP contribution in [0.5, 0.6) is 0 Å². The van der Waals surface area contributed by atoms with Crippen molar-refractivity contribution in [2.45, 2.75) is 64.5 Å². The third kappa shape index (κ3) is 3.31. The monoisotopic (exact) mass is 426 g/mol. The van der Waals surface area contributed by atoms with Gasteiger partial charge in [0.25, 0.3) is 0 Å². The van der Waals surface area contributed by atoms with Gasteiger partial charge in [-0.05, 0) is 63.2 Å². The van der Waals surface area contributed by atoms with Crippen LogP contribution in [0.25, 0.3) is 0 Å². The molecule has 7 nitrogen and oxygen atoms in total. The van der Waals surface area contributed by atoms with Gasteiger partial charge in [0.05, 0.1) is 36.8 Å². The lowest BCUT2D eigenvalue weighted by Gasteiger charge is -2.57. The number of hydrogen-bond donors (Lipinski definition) is 0. The van der Waals surface area contributed by atoms with Gasteiger partial charge in [0.15, 0.2) is 0 Å². The fourth-order valence-corrected chi connectivity index (χ4v) is 7.67. The molecule has 0 unspecified atom stereocenters. The van der Waals surface area contributed by atoms with Crippen molar-refractivity contribution in [3.63, 3.8) is 0 Å². The Morgan fingerprint density at radius 1 is 1.03 bits per heavy atom. The third-order valence-corrected chi connectivity index (χ3v) is 8.73. The largest absolute Gasteiger partial charge is 0.378 e. The van der Waals surface area contributed by atoms with Crippen LogP contribution in [0.1, 0.15) is 63.0 Å². The highest BCUT2D eigenvalue weighted by Crippen LogP contribution is 2.61. The normalized spacial score (nSPS) is 36.5. The minimum Gasteiger partial charge on any atom is -0.378 e. The van der Waals surface area contributed by atoms with E-state index in [9.17, 15) is 9.59 Å². The zero-order valence-corrected chi connectivity index (χ0v) is 18.6. The van der Waals surface area contributed by atoms with E-state index >= 15 is 0 Å². The maximum Gasteiger partial charge on any atom is 0.229 e. The van der Waals surface area contributed by atoms with Crippen LogP contribution in [0, 0.1) is 23.2 Å². The summed E-state index contributed by atoms with van der Waals surface area (Å²) in [4.78, 5) is 35.3. The number of hydrogen-bond acceptors (Lipinski definition) is 4. The van der Waals surface area contributed by atoms with Crippen LogP contribution in [-0.4, -0.2) is 64.0 Å². The summed E-state index contributed by atoms with van der Waals surface area (Å²) in [6.45, 7) is 6.20. The minimum absolute atomic E-state index is 0.0264. The number of amides is 2. The lowest BCUT2D eigenvalue weighted by molar-refractivity contribution is -0.161. The average Bonchev–Trinajstić information content (AvgIpc) is 3.17. The molecule has 2 amide bonds. The van der Waals surface area contributed by atoms with Crippen molar-refractivity contribution in [1.29, 1.82) is 0 Å². The van der Waals surface area contributed by atoms with E-state index in [1.807, 2.05) is 11.1 Å². The van der Waals surface area contributed by atoms with Gasteiger partial charge >= 0.3 is 0 Å². The van der Waals surface area contributed by atoms with Crippen LogP contribution in [-0.2, 0) is 27.3 Å². The van der Waals surface area contributed by atoms with E-state index in [0.29, 0.717) is 38.6 Å². The number of carbonyl (C=O) groups is 2. The lowest BCUT2D eigenvalue weighted by atomic mass is 9.49. The van der Waals surface area contributed by atoms with Gasteiger partial charge in [0.1, 0.15) is 5.82 Å². The van der Waals surface area contributed by atoms with Gasteiger partial charge in [0.2, 0.25) is 11.8 Å². The summed E-state index contributed by atoms with van der Waals surface area (Å²) >= 11 is 0. The summed E-state index contributed by atoms with van der Waals surface area (Å²) in [5, 5.41) is 0. The van der Waals surface area contributed by atoms with E-state index in [1.54, 1.807) is 0 Å².